The van der Waals surface area contributed by atoms with Gasteiger partial charge in [0.1, 0.15) is 5.82 Å². The highest BCUT2D eigenvalue weighted by molar-refractivity contribution is 7.88. The van der Waals surface area contributed by atoms with Gasteiger partial charge in [-0.3, -0.25) is 4.79 Å². The molecule has 1 aliphatic rings. The van der Waals surface area contributed by atoms with E-state index >= 15 is 0 Å². The summed E-state index contributed by atoms with van der Waals surface area (Å²) < 4.78 is 36.9. The Morgan fingerprint density at radius 1 is 1.36 bits per heavy atom. The molecule has 1 aliphatic heterocycles. The van der Waals surface area contributed by atoms with Crippen LogP contribution in [0.5, 0.6) is 0 Å². The third-order valence-electron chi connectivity index (χ3n) is 4.03. The normalized spacial score (nSPS) is 18.9. The van der Waals surface area contributed by atoms with Crippen molar-refractivity contribution in [2.45, 2.75) is 25.3 Å². The van der Waals surface area contributed by atoms with Crippen LogP contribution < -0.4 is 0 Å². The van der Waals surface area contributed by atoms with E-state index in [1.54, 1.807) is 17.0 Å². The first-order chi connectivity index (χ1) is 10.3. The predicted octanol–water partition coefficient (Wildman–Crippen LogP) is 1.77. The maximum absolute atomic E-state index is 13.0. The molecule has 0 N–H and O–H groups in total. The molecule has 0 radical (unpaired) electrons. The minimum atomic E-state index is -3.27. The Bertz CT molecular complexity index is 631. The molecule has 1 heterocycles. The molecular formula is C15H21FN2O3S. The zero-order chi connectivity index (χ0) is 16.3. The summed E-state index contributed by atoms with van der Waals surface area (Å²) >= 11 is 0. The van der Waals surface area contributed by atoms with E-state index in [1.165, 1.54) is 23.5 Å². The topological polar surface area (TPSA) is 57.7 Å². The van der Waals surface area contributed by atoms with Gasteiger partial charge < -0.3 is 4.90 Å². The van der Waals surface area contributed by atoms with E-state index in [0.717, 1.165) is 24.7 Å². The average molecular weight is 328 g/mol. The van der Waals surface area contributed by atoms with Crippen LogP contribution in [-0.2, 0) is 14.8 Å². The smallest absolute Gasteiger partial charge is 0.224 e. The van der Waals surface area contributed by atoms with Crippen molar-refractivity contribution in [3.05, 3.63) is 35.6 Å². The van der Waals surface area contributed by atoms with Crippen molar-refractivity contribution >= 4 is 15.9 Å². The Balaban J connectivity index is 2.01. The zero-order valence-corrected chi connectivity index (χ0v) is 13.6. The standard InChI is InChI=1S/C15H21FN2O3S/c1-17(22(2,20)21)11-9-15(19)18-10-3-4-14(18)12-5-7-13(16)8-6-12/h5-8,14H,3-4,9-11H2,1-2H3/t14-/m1/s1. The molecule has 0 aromatic heterocycles. The van der Waals surface area contributed by atoms with Crippen molar-refractivity contribution in [1.29, 1.82) is 0 Å². The number of sulfonamides is 1. The Hall–Kier alpha value is -1.47. The van der Waals surface area contributed by atoms with Crippen LogP contribution in [0.2, 0.25) is 0 Å². The van der Waals surface area contributed by atoms with Crippen molar-refractivity contribution in [3.63, 3.8) is 0 Å². The van der Waals surface area contributed by atoms with E-state index in [4.69, 9.17) is 0 Å². The molecule has 0 aliphatic carbocycles. The van der Waals surface area contributed by atoms with Crippen molar-refractivity contribution < 1.29 is 17.6 Å². The Labute approximate surface area is 130 Å². The van der Waals surface area contributed by atoms with Gasteiger partial charge in [0.05, 0.1) is 12.3 Å². The van der Waals surface area contributed by atoms with Crippen molar-refractivity contribution in [2.75, 3.05) is 26.4 Å². The van der Waals surface area contributed by atoms with Crippen LogP contribution in [0.4, 0.5) is 4.39 Å². The number of amides is 1. The fourth-order valence-corrected chi connectivity index (χ4v) is 3.08. The quantitative estimate of drug-likeness (QED) is 0.828. The number of hydrogen-bond acceptors (Lipinski definition) is 3. The minimum Gasteiger partial charge on any atom is -0.336 e. The summed E-state index contributed by atoms with van der Waals surface area (Å²) in [7, 11) is -1.81. The Kier molecular flexibility index (Phi) is 5.18. The summed E-state index contributed by atoms with van der Waals surface area (Å²) in [5.41, 5.74) is 0.920. The molecule has 22 heavy (non-hydrogen) atoms. The second-order valence-corrected chi connectivity index (χ2v) is 7.72. The molecular weight excluding hydrogens is 307 g/mol. The fraction of sp³-hybridized carbons (Fsp3) is 0.533. The summed E-state index contributed by atoms with van der Waals surface area (Å²) in [4.78, 5) is 14.1. The summed E-state index contributed by atoms with van der Waals surface area (Å²) in [5.74, 6) is -0.364. The van der Waals surface area contributed by atoms with Gasteiger partial charge in [0.2, 0.25) is 15.9 Å². The van der Waals surface area contributed by atoms with E-state index in [1.807, 2.05) is 0 Å². The molecule has 1 fully saturated rings. The summed E-state index contributed by atoms with van der Waals surface area (Å²) in [6.45, 7) is 0.827. The first kappa shape index (κ1) is 16.9. The first-order valence-electron chi connectivity index (χ1n) is 7.25. The van der Waals surface area contributed by atoms with Crippen LogP contribution in [0, 0.1) is 5.82 Å². The number of likely N-dealkylation sites (tertiary alicyclic amines) is 1. The molecule has 7 heteroatoms. The van der Waals surface area contributed by atoms with Crippen LogP contribution in [0.25, 0.3) is 0 Å². The van der Waals surface area contributed by atoms with Gasteiger partial charge in [-0.1, -0.05) is 12.1 Å². The van der Waals surface area contributed by atoms with Gasteiger partial charge in [-0.2, -0.15) is 0 Å². The molecule has 2 rings (SSSR count). The lowest BCUT2D eigenvalue weighted by Gasteiger charge is -2.26. The zero-order valence-electron chi connectivity index (χ0n) is 12.8. The largest absolute Gasteiger partial charge is 0.336 e. The number of nitrogens with zero attached hydrogens (tertiary/aromatic N) is 2. The summed E-state index contributed by atoms with van der Waals surface area (Å²) in [6, 6.07) is 6.15. The first-order valence-corrected chi connectivity index (χ1v) is 9.10. The molecule has 0 saturated carbocycles. The maximum Gasteiger partial charge on any atom is 0.224 e. The molecule has 0 unspecified atom stereocenters. The highest BCUT2D eigenvalue weighted by Gasteiger charge is 2.30. The minimum absolute atomic E-state index is 0.0448. The molecule has 1 saturated heterocycles. The monoisotopic (exact) mass is 328 g/mol. The van der Waals surface area contributed by atoms with E-state index < -0.39 is 10.0 Å². The number of carbonyl (C=O) groups is 1. The molecule has 1 amide bonds. The van der Waals surface area contributed by atoms with Gasteiger partial charge in [0.15, 0.2) is 0 Å². The molecule has 1 aromatic rings. The molecule has 122 valence electrons. The van der Waals surface area contributed by atoms with Crippen molar-refractivity contribution in [2.24, 2.45) is 0 Å². The third kappa shape index (κ3) is 4.04. The molecule has 1 atom stereocenters. The fourth-order valence-electron chi connectivity index (χ4n) is 2.66. The van der Waals surface area contributed by atoms with Crippen LogP contribution in [0.3, 0.4) is 0 Å². The average Bonchev–Trinajstić information content (AvgIpc) is 2.93. The van der Waals surface area contributed by atoms with Crippen LogP contribution >= 0.6 is 0 Å². The molecule has 0 spiro atoms. The van der Waals surface area contributed by atoms with Gasteiger partial charge in [-0.05, 0) is 30.5 Å². The number of rotatable bonds is 5. The second-order valence-electron chi connectivity index (χ2n) is 5.63. The number of hydrogen-bond donors (Lipinski definition) is 0. The highest BCUT2D eigenvalue weighted by Crippen LogP contribution is 2.32. The number of benzene rings is 1. The van der Waals surface area contributed by atoms with E-state index in [9.17, 15) is 17.6 Å². The summed E-state index contributed by atoms with van der Waals surface area (Å²) in [5, 5.41) is 0. The van der Waals surface area contributed by atoms with E-state index in [0.29, 0.717) is 6.54 Å². The molecule has 0 bridgehead atoms. The number of halogens is 1. The molecule has 5 nitrogen and oxygen atoms in total. The lowest BCUT2D eigenvalue weighted by atomic mass is 10.0. The van der Waals surface area contributed by atoms with Gasteiger partial charge in [0, 0.05) is 26.6 Å². The predicted molar refractivity (Wildman–Crippen MR) is 82.2 cm³/mol. The van der Waals surface area contributed by atoms with Gasteiger partial charge in [0.25, 0.3) is 0 Å². The lowest BCUT2D eigenvalue weighted by Crippen LogP contribution is -2.34. The Morgan fingerprint density at radius 3 is 2.59 bits per heavy atom. The maximum atomic E-state index is 13.0. The summed E-state index contributed by atoms with van der Waals surface area (Å²) in [6.07, 6.45) is 3.02. The third-order valence-corrected chi connectivity index (χ3v) is 5.35. The highest BCUT2D eigenvalue weighted by atomic mass is 32.2. The van der Waals surface area contributed by atoms with Gasteiger partial charge >= 0.3 is 0 Å². The van der Waals surface area contributed by atoms with Crippen LogP contribution in [-0.4, -0.2) is 49.9 Å². The van der Waals surface area contributed by atoms with E-state index in [-0.39, 0.29) is 30.7 Å². The van der Waals surface area contributed by atoms with Crippen LogP contribution in [0.1, 0.15) is 30.9 Å². The Morgan fingerprint density at radius 2 is 2.00 bits per heavy atom. The van der Waals surface area contributed by atoms with E-state index in [2.05, 4.69) is 0 Å². The van der Waals surface area contributed by atoms with Crippen LogP contribution in [0.15, 0.2) is 24.3 Å². The molecule has 1 aromatic carbocycles. The van der Waals surface area contributed by atoms with Crippen molar-refractivity contribution in [3.8, 4) is 0 Å². The van der Waals surface area contributed by atoms with Gasteiger partial charge in [-0.15, -0.1) is 0 Å². The second kappa shape index (κ2) is 6.75. The van der Waals surface area contributed by atoms with Crippen molar-refractivity contribution in [1.82, 2.24) is 9.21 Å². The SMILES string of the molecule is CN(CCC(=O)N1CCC[C@@H]1c1ccc(F)cc1)S(C)(=O)=O. The number of carbonyl (C=O) groups excluding carboxylic acids is 1. The lowest BCUT2D eigenvalue weighted by molar-refractivity contribution is -0.132. The van der Waals surface area contributed by atoms with Gasteiger partial charge in [-0.25, -0.2) is 17.1 Å².